The standard InChI is InChI=1S/C20H18ClN3O3/c1-26-16-7-8-18(27-2)17(11-16)24-19-9-6-13(12-22-19)20(25)23-15-5-3-4-14(21)10-15/h3-12H,1-2H3,(H,22,24)(H,23,25). The van der Waals surface area contributed by atoms with Gasteiger partial charge in [-0.1, -0.05) is 17.7 Å². The third kappa shape index (κ3) is 4.68. The molecule has 0 radical (unpaired) electrons. The molecule has 2 aromatic carbocycles. The lowest BCUT2D eigenvalue weighted by molar-refractivity contribution is 0.102. The minimum atomic E-state index is -0.268. The molecule has 0 aliphatic carbocycles. The molecule has 6 nitrogen and oxygen atoms in total. The average Bonchev–Trinajstić information content (AvgIpc) is 2.68. The van der Waals surface area contributed by atoms with Crippen LogP contribution < -0.4 is 20.1 Å². The highest BCUT2D eigenvalue weighted by atomic mass is 35.5. The van der Waals surface area contributed by atoms with Gasteiger partial charge in [-0.2, -0.15) is 0 Å². The van der Waals surface area contributed by atoms with Crippen molar-refractivity contribution in [1.29, 1.82) is 0 Å². The molecule has 0 atom stereocenters. The van der Waals surface area contributed by atoms with Gasteiger partial charge in [-0.15, -0.1) is 0 Å². The number of methoxy groups -OCH3 is 2. The molecule has 3 aromatic rings. The topological polar surface area (TPSA) is 72.5 Å². The van der Waals surface area contributed by atoms with E-state index in [-0.39, 0.29) is 5.91 Å². The summed E-state index contributed by atoms with van der Waals surface area (Å²) in [5, 5.41) is 6.49. The van der Waals surface area contributed by atoms with Gasteiger partial charge in [0.05, 0.1) is 25.5 Å². The molecular weight excluding hydrogens is 366 g/mol. The highest BCUT2D eigenvalue weighted by Crippen LogP contribution is 2.31. The molecule has 0 bridgehead atoms. The molecule has 0 aliphatic rings. The maximum absolute atomic E-state index is 12.3. The second-order valence-corrected chi connectivity index (χ2v) is 6.02. The summed E-state index contributed by atoms with van der Waals surface area (Å²) >= 11 is 5.93. The van der Waals surface area contributed by atoms with E-state index < -0.39 is 0 Å². The summed E-state index contributed by atoms with van der Waals surface area (Å²) in [5.41, 5.74) is 1.76. The fraction of sp³-hybridized carbons (Fsp3) is 0.100. The maximum atomic E-state index is 12.3. The van der Waals surface area contributed by atoms with Gasteiger partial charge >= 0.3 is 0 Å². The van der Waals surface area contributed by atoms with E-state index in [1.54, 1.807) is 68.8 Å². The summed E-state index contributed by atoms with van der Waals surface area (Å²) in [6.45, 7) is 0. The number of anilines is 3. The predicted octanol–water partition coefficient (Wildman–Crippen LogP) is 4.75. The van der Waals surface area contributed by atoms with Gasteiger partial charge in [-0.3, -0.25) is 4.79 Å². The van der Waals surface area contributed by atoms with Crippen molar-refractivity contribution in [3.8, 4) is 11.5 Å². The molecule has 1 aromatic heterocycles. The van der Waals surface area contributed by atoms with Crippen LogP contribution in [-0.2, 0) is 0 Å². The molecule has 0 fully saturated rings. The van der Waals surface area contributed by atoms with E-state index in [4.69, 9.17) is 21.1 Å². The molecule has 0 saturated carbocycles. The van der Waals surface area contributed by atoms with Crippen LogP contribution in [0.3, 0.4) is 0 Å². The summed E-state index contributed by atoms with van der Waals surface area (Å²) in [7, 11) is 3.18. The van der Waals surface area contributed by atoms with E-state index in [1.807, 2.05) is 0 Å². The quantitative estimate of drug-likeness (QED) is 0.642. The molecule has 27 heavy (non-hydrogen) atoms. The van der Waals surface area contributed by atoms with E-state index in [9.17, 15) is 4.79 Å². The van der Waals surface area contributed by atoms with Crippen LogP contribution in [0.1, 0.15) is 10.4 Å². The molecule has 0 spiro atoms. The van der Waals surface area contributed by atoms with Crippen molar-refractivity contribution in [2.75, 3.05) is 24.9 Å². The van der Waals surface area contributed by atoms with Crippen molar-refractivity contribution in [1.82, 2.24) is 4.98 Å². The molecule has 3 rings (SSSR count). The van der Waals surface area contributed by atoms with Gasteiger partial charge in [0.2, 0.25) is 0 Å². The first-order valence-electron chi connectivity index (χ1n) is 8.11. The first kappa shape index (κ1) is 18.5. The first-order chi connectivity index (χ1) is 13.1. The van der Waals surface area contributed by atoms with Crippen LogP contribution in [0.25, 0.3) is 0 Å². The maximum Gasteiger partial charge on any atom is 0.257 e. The molecule has 138 valence electrons. The summed E-state index contributed by atoms with van der Waals surface area (Å²) in [5.74, 6) is 1.65. The van der Waals surface area contributed by atoms with Gasteiger partial charge in [-0.05, 0) is 42.5 Å². The van der Waals surface area contributed by atoms with Crippen molar-refractivity contribution >= 4 is 34.7 Å². The highest BCUT2D eigenvalue weighted by molar-refractivity contribution is 6.30. The zero-order valence-electron chi connectivity index (χ0n) is 14.8. The number of hydrogen-bond acceptors (Lipinski definition) is 5. The minimum Gasteiger partial charge on any atom is -0.497 e. The number of hydrogen-bond donors (Lipinski definition) is 2. The Morgan fingerprint density at radius 2 is 1.89 bits per heavy atom. The molecule has 2 N–H and O–H groups in total. The Kier molecular flexibility index (Phi) is 5.78. The van der Waals surface area contributed by atoms with Crippen LogP contribution in [0.15, 0.2) is 60.8 Å². The van der Waals surface area contributed by atoms with Crippen LogP contribution in [0, 0.1) is 0 Å². The lowest BCUT2D eigenvalue weighted by Gasteiger charge is -2.12. The van der Waals surface area contributed by atoms with Gasteiger partial charge in [0.15, 0.2) is 0 Å². The van der Waals surface area contributed by atoms with E-state index >= 15 is 0 Å². The summed E-state index contributed by atoms with van der Waals surface area (Å²) < 4.78 is 10.6. The molecule has 7 heteroatoms. The molecule has 1 amide bonds. The Hall–Kier alpha value is -3.25. The zero-order chi connectivity index (χ0) is 19.2. The predicted molar refractivity (Wildman–Crippen MR) is 106 cm³/mol. The molecule has 1 heterocycles. The molecule has 0 unspecified atom stereocenters. The number of benzene rings is 2. The number of carbonyl (C=O) groups excluding carboxylic acids is 1. The van der Waals surface area contributed by atoms with Crippen LogP contribution in [0.2, 0.25) is 5.02 Å². The van der Waals surface area contributed by atoms with Crippen molar-refractivity contribution in [2.45, 2.75) is 0 Å². The monoisotopic (exact) mass is 383 g/mol. The van der Waals surface area contributed by atoms with Crippen LogP contribution in [-0.4, -0.2) is 25.1 Å². The Morgan fingerprint density at radius 3 is 2.56 bits per heavy atom. The largest absolute Gasteiger partial charge is 0.497 e. The normalized spacial score (nSPS) is 10.2. The Morgan fingerprint density at radius 1 is 1.04 bits per heavy atom. The second kappa shape index (κ2) is 8.42. The van der Waals surface area contributed by atoms with Crippen LogP contribution in [0.4, 0.5) is 17.2 Å². The van der Waals surface area contributed by atoms with Crippen LogP contribution in [0.5, 0.6) is 11.5 Å². The number of amides is 1. The van der Waals surface area contributed by atoms with E-state index in [2.05, 4.69) is 15.6 Å². The fourth-order valence-corrected chi connectivity index (χ4v) is 2.61. The molecular formula is C20H18ClN3O3. The SMILES string of the molecule is COc1ccc(OC)c(Nc2ccc(C(=O)Nc3cccc(Cl)c3)cn2)c1. The number of rotatable bonds is 6. The third-order valence-electron chi connectivity index (χ3n) is 3.78. The van der Waals surface area contributed by atoms with Gasteiger partial charge < -0.3 is 20.1 Å². The van der Waals surface area contributed by atoms with E-state index in [0.717, 1.165) is 0 Å². The van der Waals surface area contributed by atoms with Gasteiger partial charge in [0.1, 0.15) is 17.3 Å². The molecule has 0 saturated heterocycles. The van der Waals surface area contributed by atoms with Crippen molar-refractivity contribution in [3.05, 3.63) is 71.4 Å². The lowest BCUT2D eigenvalue weighted by Crippen LogP contribution is -2.12. The zero-order valence-corrected chi connectivity index (χ0v) is 15.6. The number of pyridine rings is 1. The number of aromatic nitrogens is 1. The second-order valence-electron chi connectivity index (χ2n) is 5.59. The first-order valence-corrected chi connectivity index (χ1v) is 8.49. The number of halogens is 1. The average molecular weight is 384 g/mol. The highest BCUT2D eigenvalue weighted by Gasteiger charge is 2.09. The van der Waals surface area contributed by atoms with Gasteiger partial charge in [-0.25, -0.2) is 4.98 Å². The summed E-state index contributed by atoms with van der Waals surface area (Å²) in [4.78, 5) is 16.6. The Bertz CT molecular complexity index is 945. The lowest BCUT2D eigenvalue weighted by atomic mass is 10.2. The smallest absolute Gasteiger partial charge is 0.257 e. The summed E-state index contributed by atoms with van der Waals surface area (Å²) in [6.07, 6.45) is 1.49. The fourth-order valence-electron chi connectivity index (χ4n) is 2.42. The Balaban J connectivity index is 1.73. The summed E-state index contributed by atoms with van der Waals surface area (Å²) in [6, 6.07) is 15.8. The van der Waals surface area contributed by atoms with Crippen molar-refractivity contribution < 1.29 is 14.3 Å². The van der Waals surface area contributed by atoms with Crippen molar-refractivity contribution in [2.24, 2.45) is 0 Å². The minimum absolute atomic E-state index is 0.268. The number of carbonyl (C=O) groups is 1. The van der Waals surface area contributed by atoms with Gasteiger partial charge in [0, 0.05) is 23.0 Å². The van der Waals surface area contributed by atoms with E-state index in [0.29, 0.717) is 39.3 Å². The number of nitrogens with one attached hydrogen (secondary N) is 2. The number of nitrogens with zero attached hydrogens (tertiary/aromatic N) is 1. The van der Waals surface area contributed by atoms with E-state index in [1.165, 1.54) is 6.20 Å². The number of ether oxygens (including phenoxy) is 2. The third-order valence-corrected chi connectivity index (χ3v) is 4.01. The van der Waals surface area contributed by atoms with Crippen LogP contribution >= 0.6 is 11.6 Å². The van der Waals surface area contributed by atoms with Crippen molar-refractivity contribution in [3.63, 3.8) is 0 Å². The Labute approximate surface area is 162 Å². The molecule has 0 aliphatic heterocycles. The van der Waals surface area contributed by atoms with Gasteiger partial charge in [0.25, 0.3) is 5.91 Å².